The van der Waals surface area contributed by atoms with Crippen LogP contribution in [0.4, 0.5) is 0 Å². The van der Waals surface area contributed by atoms with Crippen LogP contribution in [-0.4, -0.2) is 26.7 Å². The fourth-order valence-electron chi connectivity index (χ4n) is 5.92. The van der Waals surface area contributed by atoms with Crippen LogP contribution in [0.5, 0.6) is 0 Å². The average molecular weight is 368 g/mol. The third kappa shape index (κ3) is 2.90. The Morgan fingerprint density at radius 3 is 2.46 bits per heavy atom. The summed E-state index contributed by atoms with van der Waals surface area (Å²) in [6, 6.07) is 7.99. The Morgan fingerprint density at radius 1 is 1.12 bits per heavy atom. The Labute approximate surface area is 158 Å². The molecule has 4 saturated carbocycles. The molecule has 6 rings (SSSR count). The number of hydrogen-bond donors (Lipinski definition) is 1. The third-order valence-corrected chi connectivity index (χ3v) is 7.71. The summed E-state index contributed by atoms with van der Waals surface area (Å²) in [5.74, 6) is 2.69. The minimum Gasteiger partial charge on any atom is -0.350 e. The second kappa shape index (κ2) is 6.22. The highest BCUT2D eigenvalue weighted by Gasteiger charge is 2.51. The number of hydrogen-bond acceptors (Lipinski definition) is 4. The zero-order valence-corrected chi connectivity index (χ0v) is 16.0. The van der Waals surface area contributed by atoms with Crippen molar-refractivity contribution in [3.05, 3.63) is 30.6 Å². The molecule has 1 N–H and O–H groups in total. The van der Waals surface area contributed by atoms with Crippen molar-refractivity contribution in [2.45, 2.75) is 61.3 Å². The summed E-state index contributed by atoms with van der Waals surface area (Å²) < 4.78 is 0. The van der Waals surface area contributed by atoms with Gasteiger partial charge in [0, 0.05) is 10.9 Å². The average Bonchev–Trinajstić information content (AvgIpc) is 2.60. The first-order valence-corrected chi connectivity index (χ1v) is 10.7. The molecule has 1 heterocycles. The maximum absolute atomic E-state index is 13.0. The number of thioether (sulfide) groups is 1. The van der Waals surface area contributed by atoms with E-state index in [1.807, 2.05) is 31.2 Å². The summed E-state index contributed by atoms with van der Waals surface area (Å²) in [5.41, 5.74) is 1.01. The summed E-state index contributed by atoms with van der Waals surface area (Å²) in [6.07, 6.45) is 9.36. The van der Waals surface area contributed by atoms with E-state index in [0.29, 0.717) is 0 Å². The van der Waals surface area contributed by atoms with E-state index in [2.05, 4.69) is 15.3 Å². The first-order valence-electron chi connectivity index (χ1n) is 9.79. The number of benzene rings is 1. The van der Waals surface area contributed by atoms with Crippen LogP contribution in [-0.2, 0) is 4.79 Å². The molecule has 4 aliphatic rings. The van der Waals surface area contributed by atoms with Crippen LogP contribution in [0.2, 0.25) is 0 Å². The fourth-order valence-corrected chi connectivity index (χ4v) is 6.83. The Morgan fingerprint density at radius 2 is 1.77 bits per heavy atom. The Kier molecular flexibility index (Phi) is 3.96. The lowest BCUT2D eigenvalue weighted by atomic mass is 9.53. The topological polar surface area (TPSA) is 54.9 Å². The van der Waals surface area contributed by atoms with Gasteiger partial charge in [-0.1, -0.05) is 30.0 Å². The maximum atomic E-state index is 13.0. The second-order valence-electron chi connectivity index (χ2n) is 8.64. The molecule has 0 saturated heterocycles. The monoisotopic (exact) mass is 367 g/mol. The number of nitrogens with zero attached hydrogens (tertiary/aromatic N) is 2. The van der Waals surface area contributed by atoms with Gasteiger partial charge in [-0.05, 0) is 69.3 Å². The van der Waals surface area contributed by atoms with Crippen molar-refractivity contribution in [3.63, 3.8) is 0 Å². The molecular weight excluding hydrogens is 342 g/mol. The predicted molar refractivity (Wildman–Crippen MR) is 104 cm³/mol. The summed E-state index contributed by atoms with van der Waals surface area (Å²) in [5, 5.41) is 5.25. The summed E-state index contributed by atoms with van der Waals surface area (Å²) in [7, 11) is 0. The molecule has 4 fully saturated rings. The van der Waals surface area contributed by atoms with Crippen molar-refractivity contribution >= 4 is 28.6 Å². The van der Waals surface area contributed by atoms with E-state index >= 15 is 0 Å². The molecule has 26 heavy (non-hydrogen) atoms. The van der Waals surface area contributed by atoms with Gasteiger partial charge in [0.05, 0.1) is 10.8 Å². The van der Waals surface area contributed by atoms with Gasteiger partial charge in [0.2, 0.25) is 5.91 Å². The quantitative estimate of drug-likeness (QED) is 0.650. The molecule has 4 nitrogen and oxygen atoms in total. The second-order valence-corrected chi connectivity index (χ2v) is 9.97. The SMILES string of the molecule is C[C@H](Sc1ncnc2ccccc12)C(=O)NC12CC3CC(CC(C3)C1)C2. The van der Waals surface area contributed by atoms with Gasteiger partial charge in [-0.2, -0.15) is 0 Å². The van der Waals surface area contributed by atoms with Crippen molar-refractivity contribution in [2.75, 3.05) is 0 Å². The van der Waals surface area contributed by atoms with Crippen molar-refractivity contribution in [3.8, 4) is 0 Å². The van der Waals surface area contributed by atoms with Crippen LogP contribution in [0, 0.1) is 17.8 Å². The number of aromatic nitrogens is 2. The van der Waals surface area contributed by atoms with Crippen LogP contribution in [0.25, 0.3) is 10.9 Å². The molecule has 4 bridgehead atoms. The summed E-state index contributed by atoms with van der Waals surface area (Å²) in [4.78, 5) is 21.7. The lowest BCUT2D eigenvalue weighted by Crippen LogP contribution is -2.60. The molecule has 1 aromatic carbocycles. The number of nitrogens with one attached hydrogen (secondary N) is 1. The molecule has 0 unspecified atom stereocenters. The van der Waals surface area contributed by atoms with Crippen molar-refractivity contribution in [1.29, 1.82) is 0 Å². The molecule has 0 spiro atoms. The fraction of sp³-hybridized carbons (Fsp3) is 0.571. The van der Waals surface area contributed by atoms with Crippen LogP contribution >= 0.6 is 11.8 Å². The van der Waals surface area contributed by atoms with Gasteiger partial charge in [-0.25, -0.2) is 9.97 Å². The van der Waals surface area contributed by atoms with E-state index in [1.54, 1.807) is 18.1 Å². The molecular formula is C21H25N3OS. The molecule has 1 aromatic heterocycles. The first kappa shape index (κ1) is 16.5. The Bertz CT molecular complexity index is 811. The van der Waals surface area contributed by atoms with Crippen LogP contribution in [0.15, 0.2) is 35.6 Å². The van der Waals surface area contributed by atoms with E-state index in [9.17, 15) is 4.79 Å². The standard InChI is InChI=1S/C21H25N3OS/c1-13(26-20-17-4-2-3-5-18(17)22-12-23-20)19(25)24-21-9-14-6-15(10-21)8-16(7-14)11-21/h2-5,12-16H,6-11H2,1H3,(H,24,25)/t13-,14?,15?,16?,21?/m0/s1. The number of carbonyl (C=O) groups excluding carboxylic acids is 1. The van der Waals surface area contributed by atoms with Gasteiger partial charge in [-0.15, -0.1) is 0 Å². The molecule has 5 heteroatoms. The van der Waals surface area contributed by atoms with E-state index in [1.165, 1.54) is 38.5 Å². The van der Waals surface area contributed by atoms with E-state index in [4.69, 9.17) is 0 Å². The van der Waals surface area contributed by atoms with Crippen molar-refractivity contribution < 1.29 is 4.79 Å². The Balaban J connectivity index is 1.31. The molecule has 1 atom stereocenters. The van der Waals surface area contributed by atoms with Crippen molar-refractivity contribution in [2.24, 2.45) is 17.8 Å². The summed E-state index contributed by atoms with van der Waals surface area (Å²) in [6.45, 7) is 2.00. The van der Waals surface area contributed by atoms with Crippen LogP contribution in [0.1, 0.15) is 45.4 Å². The molecule has 0 radical (unpaired) electrons. The first-order chi connectivity index (χ1) is 12.6. The molecule has 1 amide bonds. The number of rotatable bonds is 4. The van der Waals surface area contributed by atoms with Gasteiger partial charge in [0.1, 0.15) is 11.4 Å². The van der Waals surface area contributed by atoms with Crippen LogP contribution < -0.4 is 5.32 Å². The number of para-hydroxylation sites is 1. The lowest BCUT2D eigenvalue weighted by molar-refractivity contribution is -0.126. The predicted octanol–water partition coefficient (Wildman–Crippen LogP) is 4.20. The van der Waals surface area contributed by atoms with Crippen molar-refractivity contribution in [1.82, 2.24) is 15.3 Å². The number of fused-ring (bicyclic) bond motifs is 1. The molecule has 136 valence electrons. The van der Waals surface area contributed by atoms with Gasteiger partial charge >= 0.3 is 0 Å². The minimum absolute atomic E-state index is 0.0778. The van der Waals surface area contributed by atoms with E-state index < -0.39 is 0 Å². The highest BCUT2D eigenvalue weighted by molar-refractivity contribution is 8.00. The normalized spacial score (nSPS) is 33.3. The zero-order valence-electron chi connectivity index (χ0n) is 15.1. The zero-order chi connectivity index (χ0) is 17.7. The lowest BCUT2D eigenvalue weighted by Gasteiger charge is -2.57. The summed E-state index contributed by atoms with van der Waals surface area (Å²) >= 11 is 1.55. The van der Waals surface area contributed by atoms with Gasteiger partial charge in [-0.3, -0.25) is 4.79 Å². The highest BCUT2D eigenvalue weighted by Crippen LogP contribution is 2.55. The van der Waals surface area contributed by atoms with Gasteiger partial charge < -0.3 is 5.32 Å². The number of amides is 1. The molecule has 0 aliphatic heterocycles. The van der Waals surface area contributed by atoms with Gasteiger partial charge in [0.25, 0.3) is 0 Å². The van der Waals surface area contributed by atoms with Crippen LogP contribution in [0.3, 0.4) is 0 Å². The highest BCUT2D eigenvalue weighted by atomic mass is 32.2. The Hall–Kier alpha value is -1.62. The number of carbonyl (C=O) groups is 1. The van der Waals surface area contributed by atoms with E-state index in [0.717, 1.165) is 33.7 Å². The molecule has 2 aromatic rings. The van der Waals surface area contributed by atoms with Gasteiger partial charge in [0.15, 0.2) is 0 Å². The largest absolute Gasteiger partial charge is 0.350 e. The molecule has 4 aliphatic carbocycles. The van der Waals surface area contributed by atoms with E-state index in [-0.39, 0.29) is 16.7 Å². The minimum atomic E-state index is -0.152. The maximum Gasteiger partial charge on any atom is 0.233 e. The smallest absolute Gasteiger partial charge is 0.233 e. The third-order valence-electron chi connectivity index (χ3n) is 6.59.